The summed E-state index contributed by atoms with van der Waals surface area (Å²) in [5.74, 6) is -3.51. The Balaban J connectivity index is 1.32. The Morgan fingerprint density at radius 2 is 1.18 bits per heavy atom. The molecular weight excluding hydrogens is 547 g/mol. The quantitative estimate of drug-likeness (QED) is 0.347. The molecule has 4 aliphatic carbocycles. The average molecular weight is 578 g/mol. The van der Waals surface area contributed by atoms with Crippen molar-refractivity contribution in [3.05, 3.63) is 80.8 Å². The maximum atomic E-state index is 14.3. The molecule has 5 atom stereocenters. The summed E-state index contributed by atoms with van der Waals surface area (Å²) in [6.45, 7) is 4.52. The van der Waals surface area contributed by atoms with Gasteiger partial charge in [-0.1, -0.05) is 65.5 Å². The number of rotatable bonds is 4. The van der Waals surface area contributed by atoms with E-state index in [1.807, 2.05) is 31.2 Å². The van der Waals surface area contributed by atoms with Crippen LogP contribution in [0.1, 0.15) is 44.2 Å². The maximum Gasteiger partial charge on any atom is 0.234 e. The van der Waals surface area contributed by atoms with Crippen molar-refractivity contribution in [1.82, 2.24) is 9.80 Å². The highest BCUT2D eigenvalue weighted by Gasteiger charge is 2.77. The van der Waals surface area contributed by atoms with Crippen LogP contribution in [-0.2, 0) is 32.3 Å². The second-order valence-electron chi connectivity index (χ2n) is 12.4. The molecule has 206 valence electrons. The van der Waals surface area contributed by atoms with Gasteiger partial charge in [0.25, 0.3) is 0 Å². The van der Waals surface area contributed by atoms with Crippen LogP contribution in [0.25, 0.3) is 0 Å². The Morgan fingerprint density at radius 3 is 1.62 bits per heavy atom. The molecule has 4 fully saturated rings. The maximum absolute atomic E-state index is 14.3. The summed E-state index contributed by atoms with van der Waals surface area (Å²) < 4.78 is 0. The second-order valence-corrected chi connectivity index (χ2v) is 13.2. The van der Waals surface area contributed by atoms with Crippen molar-refractivity contribution < 1.29 is 19.2 Å². The minimum Gasteiger partial charge on any atom is -0.278 e. The number of halogens is 2. The predicted octanol–water partition coefficient (Wildman–Crippen LogP) is 5.66. The Bertz CT molecular complexity index is 1410. The van der Waals surface area contributed by atoms with E-state index in [0.29, 0.717) is 16.5 Å². The first kappa shape index (κ1) is 26.0. The first-order valence-electron chi connectivity index (χ1n) is 14.0. The number of allylic oxidation sites excluding steroid dienone is 2. The standard InChI is InChI=1S/C32H30Cl2N2O4/c1-16-3-12-22-17(2)23-24-26(30(39)35(28(24)37)14-18-4-8-20(33)9-5-18)32(22,13-16)27-25(23)29(38)36(31(27)40)15-19-6-10-21(34)11-7-19/h4-11,16,23-27H,3,12-15H2,1-2H3/t16-,23?,24-,25-,26-,27-,32?/m1/s1. The van der Waals surface area contributed by atoms with Crippen LogP contribution in [0.5, 0.6) is 0 Å². The summed E-state index contributed by atoms with van der Waals surface area (Å²) in [7, 11) is 0. The van der Waals surface area contributed by atoms with E-state index in [2.05, 4.69) is 6.92 Å². The lowest BCUT2D eigenvalue weighted by atomic mass is 9.39. The van der Waals surface area contributed by atoms with Gasteiger partial charge in [-0.2, -0.15) is 0 Å². The van der Waals surface area contributed by atoms with Crippen LogP contribution in [0.4, 0.5) is 0 Å². The molecule has 2 heterocycles. The summed E-state index contributed by atoms with van der Waals surface area (Å²) in [6, 6.07) is 14.3. The topological polar surface area (TPSA) is 74.8 Å². The lowest BCUT2D eigenvalue weighted by Crippen LogP contribution is -2.62. The Kier molecular flexibility index (Phi) is 5.86. The lowest BCUT2D eigenvalue weighted by Gasteiger charge is -2.61. The molecule has 8 heteroatoms. The average Bonchev–Trinajstić information content (AvgIpc) is 3.33. The Morgan fingerprint density at radius 1 is 0.725 bits per heavy atom. The van der Waals surface area contributed by atoms with Crippen molar-refractivity contribution in [2.24, 2.45) is 40.9 Å². The van der Waals surface area contributed by atoms with E-state index < -0.39 is 35.0 Å². The van der Waals surface area contributed by atoms with Crippen LogP contribution < -0.4 is 0 Å². The van der Waals surface area contributed by atoms with Gasteiger partial charge in [0.15, 0.2) is 0 Å². The van der Waals surface area contributed by atoms with E-state index in [-0.39, 0.29) is 42.6 Å². The SMILES string of the molecule is CC1=C2CC[C@@H](C)CC23[C@H]2C(=O)N(Cc4ccc(Cl)cc4)C(=O)[C@@H]2C1[C@H]1C(=O)N(Cc2ccc(Cl)cc2)C(=O)[C@@H]13. The first-order chi connectivity index (χ1) is 19.1. The van der Waals surface area contributed by atoms with Crippen LogP contribution >= 0.6 is 23.2 Å². The third-order valence-corrected chi connectivity index (χ3v) is 10.9. The monoisotopic (exact) mass is 576 g/mol. The Labute approximate surface area is 243 Å². The van der Waals surface area contributed by atoms with Gasteiger partial charge < -0.3 is 0 Å². The molecule has 6 nitrogen and oxygen atoms in total. The molecule has 2 saturated carbocycles. The van der Waals surface area contributed by atoms with Crippen molar-refractivity contribution in [2.75, 3.05) is 0 Å². The second kappa shape index (κ2) is 9.02. The highest BCUT2D eigenvalue weighted by molar-refractivity contribution is 6.30. The molecule has 0 N–H and O–H groups in total. The number of benzene rings is 2. The molecule has 2 aliphatic heterocycles. The van der Waals surface area contributed by atoms with Crippen molar-refractivity contribution in [3.63, 3.8) is 0 Å². The van der Waals surface area contributed by atoms with Gasteiger partial charge in [0, 0.05) is 21.4 Å². The molecule has 2 saturated heterocycles. The van der Waals surface area contributed by atoms with E-state index in [0.717, 1.165) is 35.1 Å². The molecule has 6 aliphatic rings. The number of carbonyl (C=O) groups excluding carboxylic acids is 4. The third-order valence-electron chi connectivity index (χ3n) is 10.4. The number of nitrogens with zero attached hydrogens (tertiary/aromatic N) is 2. The minimum absolute atomic E-state index is 0.161. The van der Waals surface area contributed by atoms with Crippen molar-refractivity contribution in [2.45, 2.75) is 46.2 Å². The van der Waals surface area contributed by atoms with Crippen LogP contribution in [0.2, 0.25) is 10.0 Å². The van der Waals surface area contributed by atoms with Gasteiger partial charge in [-0.3, -0.25) is 29.0 Å². The van der Waals surface area contributed by atoms with E-state index in [4.69, 9.17) is 23.2 Å². The van der Waals surface area contributed by atoms with Crippen molar-refractivity contribution in [3.8, 4) is 0 Å². The Hall–Kier alpha value is -2.96. The number of amides is 4. The fraction of sp³-hybridized carbons (Fsp3) is 0.438. The normalized spacial score (nSPS) is 34.5. The molecule has 8 rings (SSSR count). The van der Waals surface area contributed by atoms with Gasteiger partial charge in [-0.25, -0.2) is 0 Å². The van der Waals surface area contributed by atoms with Gasteiger partial charge in [0.1, 0.15) is 0 Å². The number of likely N-dealkylation sites (tertiary alicyclic amines) is 2. The smallest absolute Gasteiger partial charge is 0.234 e. The summed E-state index contributed by atoms with van der Waals surface area (Å²) in [5.41, 5.74) is 3.03. The summed E-state index contributed by atoms with van der Waals surface area (Å²) in [4.78, 5) is 59.6. The minimum atomic E-state index is -0.811. The highest BCUT2D eigenvalue weighted by Crippen LogP contribution is 2.72. The largest absolute Gasteiger partial charge is 0.278 e. The van der Waals surface area contributed by atoms with E-state index >= 15 is 0 Å². The highest BCUT2D eigenvalue weighted by atomic mass is 35.5. The summed E-state index contributed by atoms with van der Waals surface area (Å²) >= 11 is 12.1. The van der Waals surface area contributed by atoms with Gasteiger partial charge in [-0.15, -0.1) is 0 Å². The molecule has 2 aromatic carbocycles. The number of carbonyl (C=O) groups is 4. The molecule has 0 unspecified atom stereocenters. The summed E-state index contributed by atoms with van der Waals surface area (Å²) in [5, 5.41) is 1.17. The van der Waals surface area contributed by atoms with Crippen LogP contribution in [0.15, 0.2) is 59.7 Å². The zero-order valence-corrected chi connectivity index (χ0v) is 23.9. The molecule has 4 amide bonds. The number of hydrogen-bond acceptors (Lipinski definition) is 4. The molecule has 0 radical (unpaired) electrons. The van der Waals surface area contributed by atoms with Gasteiger partial charge in [0.05, 0.1) is 36.8 Å². The zero-order chi connectivity index (χ0) is 28.1. The van der Waals surface area contributed by atoms with E-state index in [9.17, 15) is 19.2 Å². The number of imide groups is 2. The van der Waals surface area contributed by atoms with E-state index in [1.54, 1.807) is 24.3 Å². The first-order valence-corrected chi connectivity index (χ1v) is 14.8. The van der Waals surface area contributed by atoms with Crippen LogP contribution in [0, 0.1) is 40.9 Å². The predicted molar refractivity (Wildman–Crippen MR) is 150 cm³/mol. The van der Waals surface area contributed by atoms with Gasteiger partial charge >= 0.3 is 0 Å². The lowest BCUT2D eigenvalue weighted by molar-refractivity contribution is -0.154. The van der Waals surface area contributed by atoms with Crippen LogP contribution in [-0.4, -0.2) is 33.4 Å². The van der Waals surface area contributed by atoms with Crippen LogP contribution in [0.3, 0.4) is 0 Å². The van der Waals surface area contributed by atoms with Crippen molar-refractivity contribution in [1.29, 1.82) is 0 Å². The van der Waals surface area contributed by atoms with Gasteiger partial charge in [0.2, 0.25) is 23.6 Å². The zero-order valence-electron chi connectivity index (χ0n) is 22.4. The third kappa shape index (κ3) is 3.41. The molecule has 2 aromatic rings. The molecular formula is C32H30Cl2N2O4. The van der Waals surface area contributed by atoms with Crippen molar-refractivity contribution >= 4 is 46.8 Å². The fourth-order valence-electron chi connectivity index (χ4n) is 8.94. The number of hydrogen-bond donors (Lipinski definition) is 0. The fourth-order valence-corrected chi connectivity index (χ4v) is 9.19. The molecule has 2 bridgehead atoms. The summed E-state index contributed by atoms with van der Waals surface area (Å²) in [6.07, 6.45) is 2.41. The molecule has 1 spiro atoms. The van der Waals surface area contributed by atoms with E-state index in [1.165, 1.54) is 9.80 Å². The van der Waals surface area contributed by atoms with Gasteiger partial charge in [-0.05, 0) is 67.5 Å². The molecule has 0 aromatic heterocycles. The molecule has 40 heavy (non-hydrogen) atoms.